The van der Waals surface area contributed by atoms with Crippen LogP contribution < -0.4 is 10.6 Å². The van der Waals surface area contributed by atoms with Gasteiger partial charge in [-0.05, 0) is 31.4 Å². The van der Waals surface area contributed by atoms with Gasteiger partial charge >= 0.3 is 12.2 Å². The highest BCUT2D eigenvalue weighted by Gasteiger charge is 2.32. The lowest BCUT2D eigenvalue weighted by Gasteiger charge is -2.33. The Morgan fingerprint density at radius 2 is 1.96 bits per heavy atom. The average Bonchev–Trinajstić information content (AvgIpc) is 2.60. The Balaban J connectivity index is 1.80. The van der Waals surface area contributed by atoms with E-state index in [4.69, 9.17) is 0 Å². The molecule has 26 heavy (non-hydrogen) atoms. The molecular weight excluding hydrogens is 349 g/mol. The summed E-state index contributed by atoms with van der Waals surface area (Å²) in [5, 5.41) is 5.25. The van der Waals surface area contributed by atoms with Crippen molar-refractivity contribution in [2.75, 3.05) is 18.4 Å². The molecule has 1 saturated heterocycles. The van der Waals surface area contributed by atoms with Crippen molar-refractivity contribution in [3.63, 3.8) is 0 Å². The van der Waals surface area contributed by atoms with E-state index in [0.29, 0.717) is 25.9 Å². The summed E-state index contributed by atoms with van der Waals surface area (Å²) in [5.74, 6) is 0.126. The SMILES string of the molecule is CCC(C)C(=O)N1CCC(NC(=O)Nc2ccc(C(F)(F)F)nc2)CC1. The third-order valence-corrected chi connectivity index (χ3v) is 4.49. The summed E-state index contributed by atoms with van der Waals surface area (Å²) >= 11 is 0. The van der Waals surface area contributed by atoms with Crippen molar-refractivity contribution in [2.24, 2.45) is 5.92 Å². The van der Waals surface area contributed by atoms with Crippen LogP contribution in [0, 0.1) is 5.92 Å². The number of anilines is 1. The fraction of sp³-hybridized carbons (Fsp3) is 0.588. The van der Waals surface area contributed by atoms with Gasteiger partial charge in [0, 0.05) is 25.0 Å². The third-order valence-electron chi connectivity index (χ3n) is 4.49. The first-order valence-corrected chi connectivity index (χ1v) is 8.60. The number of carbonyl (C=O) groups is 2. The second-order valence-corrected chi connectivity index (χ2v) is 6.44. The predicted molar refractivity (Wildman–Crippen MR) is 90.5 cm³/mol. The van der Waals surface area contributed by atoms with Gasteiger partial charge in [0.15, 0.2) is 0 Å². The number of amides is 3. The number of nitrogens with zero attached hydrogens (tertiary/aromatic N) is 2. The largest absolute Gasteiger partial charge is 0.433 e. The van der Waals surface area contributed by atoms with Crippen LogP contribution >= 0.6 is 0 Å². The second-order valence-electron chi connectivity index (χ2n) is 6.44. The van der Waals surface area contributed by atoms with Gasteiger partial charge < -0.3 is 15.5 Å². The van der Waals surface area contributed by atoms with Crippen LogP contribution in [0.15, 0.2) is 18.3 Å². The van der Waals surface area contributed by atoms with Crippen LogP contribution in [0.4, 0.5) is 23.7 Å². The molecule has 144 valence electrons. The van der Waals surface area contributed by atoms with Gasteiger partial charge in [0.25, 0.3) is 0 Å². The first-order valence-electron chi connectivity index (χ1n) is 8.60. The number of aromatic nitrogens is 1. The average molecular weight is 372 g/mol. The maximum atomic E-state index is 12.5. The van der Waals surface area contributed by atoms with E-state index in [1.165, 1.54) is 0 Å². The molecule has 1 aliphatic rings. The summed E-state index contributed by atoms with van der Waals surface area (Å²) in [7, 11) is 0. The number of urea groups is 1. The predicted octanol–water partition coefficient (Wildman–Crippen LogP) is 3.26. The Bertz CT molecular complexity index is 626. The van der Waals surface area contributed by atoms with Gasteiger partial charge in [0.1, 0.15) is 5.69 Å². The third kappa shape index (κ3) is 5.34. The molecular formula is C17H23F3N4O2. The van der Waals surface area contributed by atoms with Gasteiger partial charge in [-0.2, -0.15) is 13.2 Å². The van der Waals surface area contributed by atoms with Gasteiger partial charge in [0.05, 0.1) is 11.9 Å². The zero-order chi connectivity index (χ0) is 19.3. The molecule has 2 heterocycles. The van der Waals surface area contributed by atoms with Crippen LogP contribution in [-0.4, -0.2) is 41.0 Å². The van der Waals surface area contributed by atoms with E-state index >= 15 is 0 Å². The summed E-state index contributed by atoms with van der Waals surface area (Å²) < 4.78 is 37.4. The Morgan fingerprint density at radius 1 is 1.31 bits per heavy atom. The van der Waals surface area contributed by atoms with Crippen LogP contribution in [0.25, 0.3) is 0 Å². The first-order chi connectivity index (χ1) is 12.2. The molecule has 9 heteroatoms. The number of hydrogen-bond donors (Lipinski definition) is 2. The molecule has 1 aromatic heterocycles. The fourth-order valence-electron chi connectivity index (χ4n) is 2.72. The second kappa shape index (κ2) is 8.37. The topological polar surface area (TPSA) is 74.3 Å². The molecule has 0 bridgehead atoms. The normalized spacial score (nSPS) is 16.9. The van der Waals surface area contributed by atoms with E-state index in [1.54, 1.807) is 0 Å². The lowest BCUT2D eigenvalue weighted by molar-refractivity contribution is -0.141. The Kier molecular flexibility index (Phi) is 6.44. The molecule has 1 atom stereocenters. The zero-order valence-electron chi connectivity index (χ0n) is 14.8. The summed E-state index contributed by atoms with van der Waals surface area (Å²) in [6, 6.07) is 1.38. The highest BCUT2D eigenvalue weighted by Crippen LogP contribution is 2.27. The first kappa shape index (κ1) is 20.0. The molecule has 2 rings (SSSR count). The molecule has 3 amide bonds. The number of carbonyl (C=O) groups excluding carboxylic acids is 2. The Hall–Kier alpha value is -2.32. The minimum Gasteiger partial charge on any atom is -0.342 e. The van der Waals surface area contributed by atoms with Crippen molar-refractivity contribution in [1.29, 1.82) is 0 Å². The molecule has 1 aliphatic heterocycles. The fourth-order valence-corrected chi connectivity index (χ4v) is 2.72. The number of rotatable bonds is 4. The molecule has 1 unspecified atom stereocenters. The van der Waals surface area contributed by atoms with Gasteiger partial charge in [-0.25, -0.2) is 9.78 Å². The van der Waals surface area contributed by atoms with E-state index in [-0.39, 0.29) is 23.6 Å². The summed E-state index contributed by atoms with van der Waals surface area (Å²) in [4.78, 5) is 29.2. The van der Waals surface area contributed by atoms with Crippen LogP contribution in [0.5, 0.6) is 0 Å². The van der Waals surface area contributed by atoms with Crippen LogP contribution in [0.2, 0.25) is 0 Å². The smallest absolute Gasteiger partial charge is 0.342 e. The van der Waals surface area contributed by atoms with Crippen LogP contribution in [-0.2, 0) is 11.0 Å². The molecule has 1 fully saturated rings. The van der Waals surface area contributed by atoms with Gasteiger partial charge in [-0.1, -0.05) is 13.8 Å². The number of piperidine rings is 1. The van der Waals surface area contributed by atoms with Gasteiger partial charge in [0.2, 0.25) is 5.91 Å². The number of likely N-dealkylation sites (tertiary alicyclic amines) is 1. The van der Waals surface area contributed by atoms with Crippen molar-refractivity contribution >= 4 is 17.6 Å². The van der Waals surface area contributed by atoms with E-state index in [0.717, 1.165) is 24.8 Å². The molecule has 0 aliphatic carbocycles. The monoisotopic (exact) mass is 372 g/mol. The number of hydrogen-bond acceptors (Lipinski definition) is 3. The quantitative estimate of drug-likeness (QED) is 0.852. The van der Waals surface area contributed by atoms with E-state index in [1.807, 2.05) is 18.7 Å². The summed E-state index contributed by atoms with van der Waals surface area (Å²) in [5.41, 5.74) is -0.832. The van der Waals surface area contributed by atoms with Crippen molar-refractivity contribution in [2.45, 2.75) is 45.3 Å². The number of nitrogens with one attached hydrogen (secondary N) is 2. The van der Waals surface area contributed by atoms with E-state index in [9.17, 15) is 22.8 Å². The highest BCUT2D eigenvalue weighted by atomic mass is 19.4. The maximum absolute atomic E-state index is 12.5. The standard InChI is InChI=1S/C17H23F3N4O2/c1-3-11(2)15(25)24-8-6-12(7-9-24)22-16(26)23-13-4-5-14(21-10-13)17(18,19)20/h4-5,10-12H,3,6-9H2,1-2H3,(H2,22,23,26). The number of halogens is 3. The molecule has 6 nitrogen and oxygen atoms in total. The van der Waals surface area contributed by atoms with Crippen molar-refractivity contribution in [1.82, 2.24) is 15.2 Å². The molecule has 1 aromatic rings. The number of alkyl halides is 3. The van der Waals surface area contributed by atoms with E-state index < -0.39 is 17.9 Å². The van der Waals surface area contributed by atoms with Crippen LogP contribution in [0.3, 0.4) is 0 Å². The van der Waals surface area contributed by atoms with E-state index in [2.05, 4.69) is 15.6 Å². The summed E-state index contributed by atoms with van der Waals surface area (Å²) in [6.45, 7) is 5.03. The van der Waals surface area contributed by atoms with Gasteiger partial charge in [-0.15, -0.1) is 0 Å². The highest BCUT2D eigenvalue weighted by molar-refractivity contribution is 5.89. The molecule has 0 spiro atoms. The Morgan fingerprint density at radius 3 is 2.46 bits per heavy atom. The molecule has 0 radical (unpaired) electrons. The van der Waals surface area contributed by atoms with Crippen LogP contribution in [0.1, 0.15) is 38.8 Å². The molecule has 0 saturated carbocycles. The molecule has 0 aromatic carbocycles. The lowest BCUT2D eigenvalue weighted by Crippen LogP contribution is -2.48. The van der Waals surface area contributed by atoms with Crippen molar-refractivity contribution in [3.8, 4) is 0 Å². The lowest BCUT2D eigenvalue weighted by atomic mass is 10.0. The minimum absolute atomic E-state index is 0.00465. The van der Waals surface area contributed by atoms with Gasteiger partial charge in [-0.3, -0.25) is 4.79 Å². The Labute approximate surface area is 150 Å². The minimum atomic E-state index is -4.51. The summed E-state index contributed by atoms with van der Waals surface area (Å²) in [6.07, 6.45) is -1.47. The van der Waals surface area contributed by atoms with Crippen molar-refractivity contribution in [3.05, 3.63) is 24.0 Å². The van der Waals surface area contributed by atoms with Crippen molar-refractivity contribution < 1.29 is 22.8 Å². The number of pyridine rings is 1. The molecule has 2 N–H and O–H groups in total. The zero-order valence-corrected chi connectivity index (χ0v) is 14.8. The maximum Gasteiger partial charge on any atom is 0.433 e.